The highest BCUT2D eigenvalue weighted by atomic mass is 16.3. The minimum Gasteiger partial charge on any atom is -0.507 e. The molecule has 0 aliphatic rings. The predicted molar refractivity (Wildman–Crippen MR) is 91.9 cm³/mol. The van der Waals surface area contributed by atoms with Gasteiger partial charge in [-0.25, -0.2) is 5.43 Å². The van der Waals surface area contributed by atoms with Crippen LogP contribution >= 0.6 is 0 Å². The van der Waals surface area contributed by atoms with Crippen LogP contribution < -0.4 is 5.43 Å². The highest BCUT2D eigenvalue weighted by molar-refractivity contribution is 5.96. The van der Waals surface area contributed by atoms with Crippen molar-refractivity contribution in [1.29, 1.82) is 0 Å². The Morgan fingerprint density at radius 2 is 1.88 bits per heavy atom. The van der Waals surface area contributed by atoms with Gasteiger partial charge in [-0.05, 0) is 19.1 Å². The zero-order valence-electron chi connectivity index (χ0n) is 13.0. The van der Waals surface area contributed by atoms with E-state index in [1.54, 1.807) is 24.3 Å². The van der Waals surface area contributed by atoms with Crippen LogP contribution in [0.2, 0.25) is 0 Å². The molecular formula is C18H16N4O2. The number of amides is 1. The molecule has 0 saturated heterocycles. The van der Waals surface area contributed by atoms with Crippen LogP contribution in [0.1, 0.15) is 21.6 Å². The number of aromatic nitrogens is 2. The minimum absolute atomic E-state index is 0.0968. The van der Waals surface area contributed by atoms with Gasteiger partial charge < -0.3 is 5.11 Å². The van der Waals surface area contributed by atoms with E-state index in [1.807, 2.05) is 37.3 Å². The van der Waals surface area contributed by atoms with Crippen LogP contribution in [0.25, 0.3) is 11.3 Å². The molecule has 120 valence electrons. The number of carbonyl (C=O) groups excluding carboxylic acids is 1. The van der Waals surface area contributed by atoms with E-state index in [9.17, 15) is 9.90 Å². The summed E-state index contributed by atoms with van der Waals surface area (Å²) in [6, 6.07) is 16.3. The number of benzene rings is 2. The molecule has 1 amide bonds. The van der Waals surface area contributed by atoms with Gasteiger partial charge in [-0.15, -0.1) is 0 Å². The summed E-state index contributed by atoms with van der Waals surface area (Å²) in [7, 11) is 0. The number of nitrogens with one attached hydrogen (secondary N) is 2. The molecule has 0 atom stereocenters. The van der Waals surface area contributed by atoms with Crippen molar-refractivity contribution in [3.05, 3.63) is 71.4 Å². The van der Waals surface area contributed by atoms with Crippen molar-refractivity contribution in [3.63, 3.8) is 0 Å². The third-order valence-electron chi connectivity index (χ3n) is 3.59. The molecule has 1 heterocycles. The number of nitrogens with zero attached hydrogens (tertiary/aromatic N) is 2. The average molecular weight is 320 g/mol. The maximum atomic E-state index is 12.2. The molecule has 24 heavy (non-hydrogen) atoms. The highest BCUT2D eigenvalue weighted by Gasteiger charge is 2.16. The lowest BCUT2D eigenvalue weighted by molar-refractivity contribution is 0.0949. The van der Waals surface area contributed by atoms with Crippen LogP contribution in [0, 0.1) is 6.92 Å². The molecule has 0 aliphatic heterocycles. The van der Waals surface area contributed by atoms with E-state index in [0.717, 1.165) is 16.8 Å². The zero-order chi connectivity index (χ0) is 16.9. The van der Waals surface area contributed by atoms with Crippen molar-refractivity contribution in [2.45, 2.75) is 6.92 Å². The monoisotopic (exact) mass is 320 g/mol. The summed E-state index contributed by atoms with van der Waals surface area (Å²) in [5.41, 5.74) is 5.70. The first-order chi connectivity index (χ1) is 11.7. The summed E-state index contributed by atoms with van der Waals surface area (Å²) in [5.74, 6) is -0.298. The summed E-state index contributed by atoms with van der Waals surface area (Å²) in [5, 5.41) is 20.5. The van der Waals surface area contributed by atoms with Crippen molar-refractivity contribution in [2.75, 3.05) is 0 Å². The fraction of sp³-hybridized carbons (Fsp3) is 0.0556. The van der Waals surface area contributed by atoms with Crippen molar-refractivity contribution in [2.24, 2.45) is 5.10 Å². The zero-order valence-corrected chi connectivity index (χ0v) is 13.0. The second-order valence-electron chi connectivity index (χ2n) is 5.20. The predicted octanol–water partition coefficient (Wildman–Crippen LogP) is 2.85. The molecule has 0 fully saturated rings. The van der Waals surface area contributed by atoms with E-state index in [1.165, 1.54) is 6.21 Å². The van der Waals surface area contributed by atoms with Gasteiger partial charge in [0.1, 0.15) is 11.4 Å². The van der Waals surface area contributed by atoms with E-state index in [4.69, 9.17) is 0 Å². The first-order valence-electron chi connectivity index (χ1n) is 7.38. The maximum Gasteiger partial charge on any atom is 0.289 e. The Kier molecular flexibility index (Phi) is 4.38. The number of H-pyrrole nitrogens is 1. The second-order valence-corrected chi connectivity index (χ2v) is 5.20. The molecule has 0 unspecified atom stereocenters. The normalized spacial score (nSPS) is 10.9. The van der Waals surface area contributed by atoms with E-state index in [-0.39, 0.29) is 5.75 Å². The Morgan fingerprint density at radius 1 is 1.17 bits per heavy atom. The van der Waals surface area contributed by atoms with Crippen molar-refractivity contribution >= 4 is 12.1 Å². The minimum atomic E-state index is -0.395. The first kappa shape index (κ1) is 15.5. The van der Waals surface area contributed by atoms with Crippen LogP contribution in [0.4, 0.5) is 0 Å². The molecule has 0 saturated carbocycles. The Bertz CT molecular complexity index is 885. The molecule has 1 aromatic heterocycles. The quantitative estimate of drug-likeness (QED) is 0.510. The number of carbonyl (C=O) groups is 1. The molecule has 6 heteroatoms. The SMILES string of the molecule is Cc1c(-c2ccccc2)n[nH]c1C(=O)N/N=C/c1ccccc1O. The summed E-state index contributed by atoms with van der Waals surface area (Å²) >= 11 is 0. The summed E-state index contributed by atoms with van der Waals surface area (Å²) in [6.45, 7) is 1.83. The molecular weight excluding hydrogens is 304 g/mol. The topological polar surface area (TPSA) is 90.4 Å². The van der Waals surface area contributed by atoms with Gasteiger partial charge in [0.2, 0.25) is 0 Å². The number of hydrogen-bond donors (Lipinski definition) is 3. The third kappa shape index (κ3) is 3.17. The van der Waals surface area contributed by atoms with E-state index < -0.39 is 5.91 Å². The van der Waals surface area contributed by atoms with Crippen LogP contribution in [0.3, 0.4) is 0 Å². The van der Waals surface area contributed by atoms with Gasteiger partial charge in [0.15, 0.2) is 0 Å². The maximum absolute atomic E-state index is 12.2. The standard InChI is InChI=1S/C18H16N4O2/c1-12-16(13-7-3-2-4-8-13)20-21-17(12)18(24)22-19-11-14-9-5-6-10-15(14)23/h2-11,23H,1H3,(H,20,21)(H,22,24)/b19-11+. The number of phenols is 1. The lowest BCUT2D eigenvalue weighted by Gasteiger charge is -2.00. The summed E-state index contributed by atoms with van der Waals surface area (Å²) in [4.78, 5) is 12.2. The van der Waals surface area contributed by atoms with Crippen LogP contribution in [-0.4, -0.2) is 27.4 Å². The van der Waals surface area contributed by atoms with Crippen LogP contribution in [0.15, 0.2) is 59.7 Å². The van der Waals surface area contributed by atoms with Gasteiger partial charge >= 0.3 is 0 Å². The summed E-state index contributed by atoms with van der Waals surface area (Å²) < 4.78 is 0. The Labute approximate surface area is 138 Å². The molecule has 0 radical (unpaired) electrons. The molecule has 3 aromatic rings. The second kappa shape index (κ2) is 6.78. The Hall–Kier alpha value is -3.41. The van der Waals surface area contributed by atoms with Crippen molar-refractivity contribution in [1.82, 2.24) is 15.6 Å². The molecule has 6 nitrogen and oxygen atoms in total. The smallest absolute Gasteiger partial charge is 0.289 e. The number of hydrogen-bond acceptors (Lipinski definition) is 4. The van der Waals surface area contributed by atoms with E-state index in [2.05, 4.69) is 20.7 Å². The van der Waals surface area contributed by atoms with Gasteiger partial charge in [0.05, 0.1) is 11.9 Å². The molecule has 3 N–H and O–H groups in total. The Morgan fingerprint density at radius 3 is 2.62 bits per heavy atom. The fourth-order valence-electron chi connectivity index (χ4n) is 2.31. The highest BCUT2D eigenvalue weighted by Crippen LogP contribution is 2.22. The largest absolute Gasteiger partial charge is 0.507 e. The fourth-order valence-corrected chi connectivity index (χ4v) is 2.31. The van der Waals surface area contributed by atoms with Gasteiger partial charge in [-0.3, -0.25) is 9.89 Å². The van der Waals surface area contributed by atoms with Gasteiger partial charge in [0.25, 0.3) is 5.91 Å². The van der Waals surface area contributed by atoms with E-state index >= 15 is 0 Å². The number of hydrazone groups is 1. The van der Waals surface area contributed by atoms with Crippen LogP contribution in [0.5, 0.6) is 5.75 Å². The number of phenolic OH excluding ortho intramolecular Hbond substituents is 1. The lowest BCUT2D eigenvalue weighted by atomic mass is 10.1. The number of rotatable bonds is 4. The number of aromatic amines is 1. The average Bonchev–Trinajstić information content (AvgIpc) is 2.99. The lowest BCUT2D eigenvalue weighted by Crippen LogP contribution is -2.19. The molecule has 2 aromatic carbocycles. The molecule has 0 bridgehead atoms. The van der Waals surface area contributed by atoms with Gasteiger partial charge in [-0.1, -0.05) is 42.5 Å². The van der Waals surface area contributed by atoms with Crippen molar-refractivity contribution in [3.8, 4) is 17.0 Å². The van der Waals surface area contributed by atoms with Gasteiger partial charge in [0, 0.05) is 16.7 Å². The van der Waals surface area contributed by atoms with Crippen LogP contribution in [-0.2, 0) is 0 Å². The molecule has 0 aliphatic carbocycles. The summed E-state index contributed by atoms with van der Waals surface area (Å²) in [6.07, 6.45) is 1.39. The first-order valence-corrected chi connectivity index (χ1v) is 7.38. The molecule has 3 rings (SSSR count). The third-order valence-corrected chi connectivity index (χ3v) is 3.59. The molecule has 0 spiro atoms. The number of para-hydroxylation sites is 1. The van der Waals surface area contributed by atoms with E-state index in [0.29, 0.717) is 11.3 Å². The van der Waals surface area contributed by atoms with Gasteiger partial charge in [-0.2, -0.15) is 10.2 Å². The number of aromatic hydroxyl groups is 1. The Balaban J connectivity index is 1.75. The van der Waals surface area contributed by atoms with Crippen molar-refractivity contribution < 1.29 is 9.90 Å².